The van der Waals surface area contributed by atoms with Gasteiger partial charge in [0.15, 0.2) is 0 Å². The summed E-state index contributed by atoms with van der Waals surface area (Å²) in [5.41, 5.74) is 6.91. The highest BCUT2D eigenvalue weighted by molar-refractivity contribution is 5.94. The summed E-state index contributed by atoms with van der Waals surface area (Å²) in [4.78, 5) is 14.6. The zero-order valence-electron chi connectivity index (χ0n) is 13.5. The van der Waals surface area contributed by atoms with Gasteiger partial charge in [-0.2, -0.15) is 0 Å². The fourth-order valence-corrected chi connectivity index (χ4v) is 2.19. The monoisotopic (exact) mass is 286 g/mol. The second-order valence-electron chi connectivity index (χ2n) is 6.08. The second-order valence-corrected chi connectivity index (χ2v) is 6.08. The smallest absolute Gasteiger partial charge is 0.253 e. The van der Waals surface area contributed by atoms with E-state index in [1.165, 1.54) is 0 Å². The number of amides is 1. The zero-order valence-corrected chi connectivity index (χ0v) is 13.5. The molecular weight excluding hydrogens is 260 g/mol. The van der Waals surface area contributed by atoms with Crippen LogP contribution in [0, 0.1) is 23.7 Å². The van der Waals surface area contributed by atoms with Crippen LogP contribution in [0.2, 0.25) is 0 Å². The van der Waals surface area contributed by atoms with Gasteiger partial charge in [0, 0.05) is 24.2 Å². The third-order valence-corrected chi connectivity index (χ3v) is 2.90. The first-order chi connectivity index (χ1) is 9.93. The standard InChI is InChI=1S/C18H26N2O/c1-14(2)12-20(13-15(3)4)18(21)17-9-5-7-16(11-17)8-6-10-19/h5,7,9,11,14-15H,10,12-13,19H2,1-4H3. The molecule has 0 saturated carbocycles. The molecule has 0 saturated heterocycles. The van der Waals surface area contributed by atoms with Gasteiger partial charge in [-0.3, -0.25) is 4.79 Å². The highest BCUT2D eigenvalue weighted by atomic mass is 16.2. The fourth-order valence-electron chi connectivity index (χ4n) is 2.19. The van der Waals surface area contributed by atoms with E-state index in [1.54, 1.807) is 0 Å². The number of hydrogen-bond donors (Lipinski definition) is 1. The molecule has 0 atom stereocenters. The molecule has 3 nitrogen and oxygen atoms in total. The molecule has 0 bridgehead atoms. The summed E-state index contributed by atoms with van der Waals surface area (Å²) in [7, 11) is 0. The Kier molecular flexibility index (Phi) is 6.98. The molecule has 0 unspecified atom stereocenters. The molecule has 2 N–H and O–H groups in total. The number of benzene rings is 1. The average molecular weight is 286 g/mol. The first-order valence-corrected chi connectivity index (χ1v) is 7.52. The molecule has 0 spiro atoms. The first kappa shape index (κ1) is 17.3. The molecule has 114 valence electrons. The summed E-state index contributed by atoms with van der Waals surface area (Å²) >= 11 is 0. The van der Waals surface area contributed by atoms with Crippen LogP contribution in [0.3, 0.4) is 0 Å². The summed E-state index contributed by atoms with van der Waals surface area (Å²) in [5.74, 6) is 6.77. The number of carbonyl (C=O) groups is 1. The van der Waals surface area contributed by atoms with Crippen molar-refractivity contribution < 1.29 is 4.79 Å². The van der Waals surface area contributed by atoms with Crippen molar-refractivity contribution in [3.63, 3.8) is 0 Å². The maximum atomic E-state index is 12.7. The van der Waals surface area contributed by atoms with E-state index in [0.29, 0.717) is 23.9 Å². The van der Waals surface area contributed by atoms with Gasteiger partial charge >= 0.3 is 0 Å². The maximum absolute atomic E-state index is 12.7. The van der Waals surface area contributed by atoms with Crippen LogP contribution in [0.4, 0.5) is 0 Å². The van der Waals surface area contributed by atoms with Gasteiger partial charge in [-0.1, -0.05) is 45.6 Å². The molecule has 1 rings (SSSR count). The van der Waals surface area contributed by atoms with Crippen LogP contribution < -0.4 is 5.73 Å². The molecule has 3 heteroatoms. The highest BCUT2D eigenvalue weighted by Gasteiger charge is 2.18. The Morgan fingerprint density at radius 1 is 1.19 bits per heavy atom. The molecular formula is C18H26N2O. The molecule has 0 radical (unpaired) electrons. The van der Waals surface area contributed by atoms with E-state index in [4.69, 9.17) is 5.73 Å². The van der Waals surface area contributed by atoms with E-state index in [1.807, 2.05) is 29.2 Å². The molecule has 21 heavy (non-hydrogen) atoms. The van der Waals surface area contributed by atoms with Crippen LogP contribution in [0.1, 0.15) is 43.6 Å². The lowest BCUT2D eigenvalue weighted by Crippen LogP contribution is -2.37. The van der Waals surface area contributed by atoms with E-state index in [0.717, 1.165) is 18.7 Å². The van der Waals surface area contributed by atoms with Gasteiger partial charge in [-0.05, 0) is 30.0 Å². The van der Waals surface area contributed by atoms with Crippen LogP contribution in [-0.2, 0) is 0 Å². The molecule has 0 aliphatic rings. The molecule has 0 heterocycles. The summed E-state index contributed by atoms with van der Waals surface area (Å²) in [5, 5.41) is 0. The summed E-state index contributed by atoms with van der Waals surface area (Å²) < 4.78 is 0. The summed E-state index contributed by atoms with van der Waals surface area (Å²) in [6, 6.07) is 7.47. The van der Waals surface area contributed by atoms with Crippen molar-refractivity contribution in [1.29, 1.82) is 0 Å². The fraction of sp³-hybridized carbons (Fsp3) is 0.500. The zero-order chi connectivity index (χ0) is 15.8. The summed E-state index contributed by atoms with van der Waals surface area (Å²) in [6.07, 6.45) is 0. The van der Waals surface area contributed by atoms with Crippen molar-refractivity contribution in [2.75, 3.05) is 19.6 Å². The SMILES string of the molecule is CC(C)CN(CC(C)C)C(=O)c1cccc(C#CCN)c1. The van der Waals surface area contributed by atoms with Crippen LogP contribution >= 0.6 is 0 Å². The molecule has 1 aromatic rings. The van der Waals surface area contributed by atoms with Gasteiger partial charge in [0.1, 0.15) is 0 Å². The maximum Gasteiger partial charge on any atom is 0.253 e. The summed E-state index contributed by atoms with van der Waals surface area (Å²) in [6.45, 7) is 10.4. The third kappa shape index (κ3) is 6.01. The van der Waals surface area contributed by atoms with Gasteiger partial charge in [-0.15, -0.1) is 0 Å². The number of carbonyl (C=O) groups excluding carboxylic acids is 1. The Hall–Kier alpha value is -1.79. The minimum atomic E-state index is 0.0776. The van der Waals surface area contributed by atoms with Gasteiger partial charge in [-0.25, -0.2) is 0 Å². The Morgan fingerprint density at radius 2 is 1.81 bits per heavy atom. The van der Waals surface area contributed by atoms with Crippen LogP contribution in [0.25, 0.3) is 0 Å². The molecule has 0 aliphatic carbocycles. The van der Waals surface area contributed by atoms with Gasteiger partial charge in [0.25, 0.3) is 5.91 Å². The van der Waals surface area contributed by atoms with Crippen molar-refractivity contribution >= 4 is 5.91 Å². The lowest BCUT2D eigenvalue weighted by Gasteiger charge is -2.26. The minimum absolute atomic E-state index is 0.0776. The number of nitrogens with zero attached hydrogens (tertiary/aromatic N) is 1. The Morgan fingerprint density at radius 3 is 2.33 bits per heavy atom. The minimum Gasteiger partial charge on any atom is -0.338 e. The second kappa shape index (κ2) is 8.49. The lowest BCUT2D eigenvalue weighted by atomic mass is 10.1. The molecule has 0 aliphatic heterocycles. The Labute approximate surface area is 128 Å². The van der Waals surface area contributed by atoms with Gasteiger partial charge in [0.2, 0.25) is 0 Å². The van der Waals surface area contributed by atoms with Gasteiger partial charge in [0.05, 0.1) is 6.54 Å². The van der Waals surface area contributed by atoms with Crippen molar-refractivity contribution in [2.24, 2.45) is 17.6 Å². The quantitative estimate of drug-likeness (QED) is 0.846. The number of hydrogen-bond acceptors (Lipinski definition) is 2. The first-order valence-electron chi connectivity index (χ1n) is 7.52. The molecule has 1 aromatic carbocycles. The van der Waals surface area contributed by atoms with Crippen LogP contribution in [0.5, 0.6) is 0 Å². The predicted octanol–water partition coefficient (Wildman–Crippen LogP) is 2.75. The van der Waals surface area contributed by atoms with Gasteiger partial charge < -0.3 is 10.6 Å². The average Bonchev–Trinajstić information content (AvgIpc) is 2.43. The number of nitrogens with two attached hydrogens (primary N) is 1. The van der Waals surface area contributed by atoms with E-state index in [9.17, 15) is 4.79 Å². The van der Waals surface area contributed by atoms with E-state index >= 15 is 0 Å². The van der Waals surface area contributed by atoms with Crippen molar-refractivity contribution in [3.05, 3.63) is 35.4 Å². The van der Waals surface area contributed by atoms with E-state index in [2.05, 4.69) is 39.5 Å². The lowest BCUT2D eigenvalue weighted by molar-refractivity contribution is 0.0715. The predicted molar refractivity (Wildman–Crippen MR) is 88.0 cm³/mol. The molecule has 0 fully saturated rings. The highest BCUT2D eigenvalue weighted by Crippen LogP contribution is 2.12. The molecule has 0 aromatic heterocycles. The third-order valence-electron chi connectivity index (χ3n) is 2.90. The van der Waals surface area contributed by atoms with Crippen LogP contribution in [0.15, 0.2) is 24.3 Å². The van der Waals surface area contributed by atoms with E-state index in [-0.39, 0.29) is 5.91 Å². The largest absolute Gasteiger partial charge is 0.338 e. The molecule has 1 amide bonds. The van der Waals surface area contributed by atoms with Crippen LogP contribution in [-0.4, -0.2) is 30.4 Å². The topological polar surface area (TPSA) is 46.3 Å². The van der Waals surface area contributed by atoms with E-state index < -0.39 is 0 Å². The van der Waals surface area contributed by atoms with Crippen molar-refractivity contribution in [3.8, 4) is 11.8 Å². The Bertz CT molecular complexity index is 514. The normalized spacial score (nSPS) is 10.4. The van der Waals surface area contributed by atoms with Crippen molar-refractivity contribution in [1.82, 2.24) is 4.90 Å². The Balaban J connectivity index is 2.97. The number of rotatable bonds is 5. The van der Waals surface area contributed by atoms with Crippen molar-refractivity contribution in [2.45, 2.75) is 27.7 Å².